The first-order valence-corrected chi connectivity index (χ1v) is 30.1. The molecule has 0 N–H and O–H groups in total. The second kappa shape index (κ2) is 60.4. The third-order valence-electron chi connectivity index (χ3n) is 12.9. The Morgan fingerprint density at radius 3 is 1.09 bits per heavy atom. The zero-order valence-corrected chi connectivity index (χ0v) is 46.5. The molecule has 5 nitrogen and oxygen atoms in total. The summed E-state index contributed by atoms with van der Waals surface area (Å²) in [5.74, 6) is -0.451. The summed E-state index contributed by atoms with van der Waals surface area (Å²) in [6.07, 6.45) is 80.5. The minimum absolute atomic E-state index is 0.0608. The number of carbonyl (C=O) groups excluding carboxylic acids is 2. The van der Waals surface area contributed by atoms with Gasteiger partial charge in [-0.05, 0) is 96.3 Å². The number of unbranched alkanes of at least 4 members (excludes halogenated alkanes) is 30. The fourth-order valence-corrected chi connectivity index (χ4v) is 8.45. The number of hydrogen-bond donors (Lipinski definition) is 0. The van der Waals surface area contributed by atoms with Crippen LogP contribution in [0.5, 0.6) is 0 Å². The van der Waals surface area contributed by atoms with Crippen molar-refractivity contribution in [2.24, 2.45) is 0 Å². The van der Waals surface area contributed by atoms with E-state index in [0.717, 1.165) is 96.3 Å². The van der Waals surface area contributed by atoms with Crippen LogP contribution in [0.1, 0.15) is 290 Å². The van der Waals surface area contributed by atoms with E-state index in [4.69, 9.17) is 14.2 Å². The Morgan fingerprint density at radius 1 is 0.329 bits per heavy atom. The van der Waals surface area contributed by atoms with Crippen molar-refractivity contribution >= 4 is 11.9 Å². The van der Waals surface area contributed by atoms with E-state index in [1.165, 1.54) is 161 Å². The lowest BCUT2D eigenvalue weighted by atomic mass is 10.0. The molecule has 70 heavy (non-hydrogen) atoms. The van der Waals surface area contributed by atoms with Crippen LogP contribution in [0.2, 0.25) is 0 Å². The molecule has 0 bridgehead atoms. The summed E-state index contributed by atoms with van der Waals surface area (Å²) < 4.78 is 17.5. The van der Waals surface area contributed by atoms with E-state index >= 15 is 0 Å². The third-order valence-corrected chi connectivity index (χ3v) is 12.9. The van der Waals surface area contributed by atoms with Crippen molar-refractivity contribution in [1.29, 1.82) is 0 Å². The van der Waals surface area contributed by atoms with Crippen molar-refractivity contribution in [2.45, 2.75) is 297 Å². The van der Waals surface area contributed by atoms with Crippen molar-refractivity contribution in [3.05, 3.63) is 85.1 Å². The highest BCUT2D eigenvalue weighted by molar-refractivity contribution is 5.70. The summed E-state index contributed by atoms with van der Waals surface area (Å²) in [4.78, 5) is 25.5. The van der Waals surface area contributed by atoms with Crippen molar-refractivity contribution in [2.75, 3.05) is 19.8 Å². The first kappa shape index (κ1) is 67.1. The molecule has 1 unspecified atom stereocenters. The first-order valence-electron chi connectivity index (χ1n) is 30.1. The van der Waals surface area contributed by atoms with Crippen LogP contribution in [-0.4, -0.2) is 37.9 Å². The van der Waals surface area contributed by atoms with Gasteiger partial charge in [-0.1, -0.05) is 266 Å². The standard InChI is InChI=1S/C65H114O5/c1-4-7-10-13-16-19-22-25-28-30-32-34-36-39-42-45-48-51-54-57-60-68-61-63(70-65(67)59-56-53-50-47-44-41-37-27-24-21-18-15-12-9-6-3)62-69-64(66)58-55-52-49-46-43-40-38-35-33-31-29-26-23-20-17-14-11-8-5-2/h9,12,17-18,20-21,26-27,29,33,35,37,44,47,63H,4-8,10-11,13-16,19,22-25,28,30-32,34,36,38-43,45-46,48-62H2,1-3H3/b12-9-,20-17-,21-18-,29-26-,35-33-,37-27-,47-44-. The van der Waals surface area contributed by atoms with E-state index in [0.29, 0.717) is 19.4 Å². The van der Waals surface area contributed by atoms with Gasteiger partial charge in [-0.2, -0.15) is 0 Å². The highest BCUT2D eigenvalue weighted by atomic mass is 16.6. The third kappa shape index (κ3) is 57.7. The van der Waals surface area contributed by atoms with Crippen LogP contribution in [0, 0.1) is 0 Å². The zero-order valence-electron chi connectivity index (χ0n) is 46.5. The molecule has 0 aromatic carbocycles. The van der Waals surface area contributed by atoms with Crippen LogP contribution in [0.3, 0.4) is 0 Å². The minimum atomic E-state index is -0.566. The highest BCUT2D eigenvalue weighted by Gasteiger charge is 2.17. The molecule has 0 rings (SSSR count). The Balaban J connectivity index is 4.31. The Labute approximate surface area is 435 Å². The van der Waals surface area contributed by atoms with E-state index in [9.17, 15) is 9.59 Å². The molecule has 0 spiro atoms. The molecule has 0 saturated heterocycles. The highest BCUT2D eigenvalue weighted by Crippen LogP contribution is 2.16. The van der Waals surface area contributed by atoms with E-state index < -0.39 is 6.10 Å². The normalized spacial score (nSPS) is 12.8. The molecule has 0 aromatic heterocycles. The second-order valence-corrected chi connectivity index (χ2v) is 19.9. The van der Waals surface area contributed by atoms with Gasteiger partial charge in [0.2, 0.25) is 0 Å². The van der Waals surface area contributed by atoms with Crippen LogP contribution in [0.15, 0.2) is 85.1 Å². The molecule has 0 saturated carbocycles. The number of hydrogen-bond acceptors (Lipinski definition) is 5. The van der Waals surface area contributed by atoms with Gasteiger partial charge >= 0.3 is 11.9 Å². The molecule has 0 aliphatic rings. The molecule has 0 radical (unpaired) electrons. The van der Waals surface area contributed by atoms with Crippen LogP contribution >= 0.6 is 0 Å². The lowest BCUT2D eigenvalue weighted by molar-refractivity contribution is -0.163. The van der Waals surface area contributed by atoms with E-state index in [1.54, 1.807) is 0 Å². The molecule has 0 aliphatic heterocycles. The van der Waals surface area contributed by atoms with Gasteiger partial charge in [-0.15, -0.1) is 0 Å². The number of esters is 2. The summed E-state index contributed by atoms with van der Waals surface area (Å²) in [6, 6.07) is 0. The van der Waals surface area contributed by atoms with Crippen LogP contribution in [0.4, 0.5) is 0 Å². The Kier molecular flexibility index (Phi) is 57.9. The van der Waals surface area contributed by atoms with Crippen LogP contribution in [-0.2, 0) is 23.8 Å². The topological polar surface area (TPSA) is 61.8 Å². The maximum absolute atomic E-state index is 12.9. The molecule has 5 heteroatoms. The molecule has 0 heterocycles. The van der Waals surface area contributed by atoms with Crippen LogP contribution < -0.4 is 0 Å². The SMILES string of the molecule is CC/C=C\C/C=C\C/C=C\C/C=C\CCCCC(=O)OC(COCCCCCCCCCCCCCCCCCCCCCC)COC(=O)CCCCCCCC/C=C\C/C=C\C/C=C\CCCCC. The molecule has 0 aromatic rings. The average molecular weight is 976 g/mol. The molecule has 1 atom stereocenters. The number of carbonyl (C=O) groups is 2. The Hall–Kier alpha value is -2.92. The lowest BCUT2D eigenvalue weighted by Gasteiger charge is -2.18. The largest absolute Gasteiger partial charge is 0.462 e. The van der Waals surface area contributed by atoms with Crippen molar-refractivity contribution in [1.82, 2.24) is 0 Å². The quantitative estimate of drug-likeness (QED) is 0.0345. The van der Waals surface area contributed by atoms with Gasteiger partial charge in [-0.25, -0.2) is 0 Å². The van der Waals surface area contributed by atoms with Gasteiger partial charge in [-0.3, -0.25) is 9.59 Å². The van der Waals surface area contributed by atoms with Crippen molar-refractivity contribution in [3.63, 3.8) is 0 Å². The van der Waals surface area contributed by atoms with Gasteiger partial charge in [0.1, 0.15) is 6.61 Å². The van der Waals surface area contributed by atoms with E-state index in [1.807, 2.05) is 0 Å². The van der Waals surface area contributed by atoms with Gasteiger partial charge in [0.25, 0.3) is 0 Å². The maximum atomic E-state index is 12.9. The summed E-state index contributed by atoms with van der Waals surface area (Å²) in [5, 5.41) is 0. The number of rotatable bonds is 55. The summed E-state index contributed by atoms with van der Waals surface area (Å²) in [5.41, 5.74) is 0. The summed E-state index contributed by atoms with van der Waals surface area (Å²) >= 11 is 0. The lowest BCUT2D eigenvalue weighted by Crippen LogP contribution is -2.30. The number of ether oxygens (including phenoxy) is 3. The fourth-order valence-electron chi connectivity index (χ4n) is 8.45. The van der Waals surface area contributed by atoms with Gasteiger partial charge in [0.05, 0.1) is 6.61 Å². The molecule has 0 aliphatic carbocycles. The van der Waals surface area contributed by atoms with E-state index in [-0.39, 0.29) is 25.2 Å². The van der Waals surface area contributed by atoms with Crippen molar-refractivity contribution < 1.29 is 23.8 Å². The smallest absolute Gasteiger partial charge is 0.306 e. The molecule has 404 valence electrons. The van der Waals surface area contributed by atoms with E-state index in [2.05, 4.69) is 106 Å². The number of allylic oxidation sites excluding steroid dienone is 14. The van der Waals surface area contributed by atoms with Crippen molar-refractivity contribution in [3.8, 4) is 0 Å². The van der Waals surface area contributed by atoms with Gasteiger partial charge in [0.15, 0.2) is 6.10 Å². The monoisotopic (exact) mass is 975 g/mol. The summed E-state index contributed by atoms with van der Waals surface area (Å²) in [6.45, 7) is 7.67. The predicted octanol–water partition coefficient (Wildman–Crippen LogP) is 20.8. The predicted molar refractivity (Wildman–Crippen MR) is 307 cm³/mol. The average Bonchev–Trinajstić information content (AvgIpc) is 3.36. The van der Waals surface area contributed by atoms with Gasteiger partial charge < -0.3 is 14.2 Å². The first-order chi connectivity index (χ1) is 34.6. The minimum Gasteiger partial charge on any atom is -0.462 e. The fraction of sp³-hybridized carbons (Fsp3) is 0.754. The van der Waals surface area contributed by atoms with Crippen LogP contribution in [0.25, 0.3) is 0 Å². The molecular formula is C65H114O5. The molecule has 0 amide bonds. The van der Waals surface area contributed by atoms with Gasteiger partial charge in [0, 0.05) is 19.4 Å². The molecule has 0 fully saturated rings. The Bertz CT molecular complexity index is 1290. The maximum Gasteiger partial charge on any atom is 0.306 e. The summed E-state index contributed by atoms with van der Waals surface area (Å²) in [7, 11) is 0. The second-order valence-electron chi connectivity index (χ2n) is 19.9. The zero-order chi connectivity index (χ0) is 50.6. The molecular weight excluding hydrogens is 861 g/mol. The Morgan fingerprint density at radius 2 is 0.643 bits per heavy atom.